The number of nitrogens with zero attached hydrogens (tertiary/aromatic N) is 1. The molecular formula is C10H12N2O. The highest BCUT2D eigenvalue weighted by atomic mass is 16.1. The third-order valence-corrected chi connectivity index (χ3v) is 1.75. The summed E-state index contributed by atoms with van der Waals surface area (Å²) in [6.07, 6.45) is 6.90. The summed E-state index contributed by atoms with van der Waals surface area (Å²) in [6, 6.07) is 3.61. The molecule has 0 saturated heterocycles. The van der Waals surface area contributed by atoms with Gasteiger partial charge in [-0.15, -0.1) is 6.42 Å². The van der Waals surface area contributed by atoms with Gasteiger partial charge >= 0.3 is 0 Å². The van der Waals surface area contributed by atoms with Crippen molar-refractivity contribution < 1.29 is 4.79 Å². The predicted molar refractivity (Wildman–Crippen MR) is 51.3 cm³/mol. The van der Waals surface area contributed by atoms with Crippen LogP contribution in [0.15, 0.2) is 18.3 Å². The molecule has 0 aliphatic carbocycles. The number of aromatic nitrogens is 1. The maximum Gasteiger partial charge on any atom is 0.268 e. The summed E-state index contributed by atoms with van der Waals surface area (Å²) in [6.45, 7) is 3.04. The first-order valence-electron chi connectivity index (χ1n) is 4.16. The Balaban J connectivity index is 2.71. The van der Waals surface area contributed by atoms with Crippen molar-refractivity contribution in [2.24, 2.45) is 0 Å². The third-order valence-electron chi connectivity index (χ3n) is 1.75. The minimum absolute atomic E-state index is 0.121. The van der Waals surface area contributed by atoms with E-state index in [0.29, 0.717) is 5.69 Å². The fraction of sp³-hybridized carbons (Fsp3) is 0.300. The first-order valence-corrected chi connectivity index (χ1v) is 4.16. The topological polar surface area (TPSA) is 34.0 Å². The summed E-state index contributed by atoms with van der Waals surface area (Å²) in [5.74, 6) is 2.24. The molecule has 0 aromatic carbocycles. The van der Waals surface area contributed by atoms with Crippen LogP contribution in [0.25, 0.3) is 0 Å². The van der Waals surface area contributed by atoms with Gasteiger partial charge in [0.2, 0.25) is 0 Å². The molecule has 0 radical (unpaired) electrons. The molecule has 0 spiro atoms. The molecule has 1 N–H and O–H groups in total. The van der Waals surface area contributed by atoms with Crippen LogP contribution in [0.4, 0.5) is 0 Å². The highest BCUT2D eigenvalue weighted by Gasteiger charge is 2.07. The van der Waals surface area contributed by atoms with E-state index >= 15 is 0 Å². The van der Waals surface area contributed by atoms with E-state index in [1.165, 1.54) is 0 Å². The smallest absolute Gasteiger partial charge is 0.268 e. The number of rotatable bonds is 3. The summed E-state index contributed by atoms with van der Waals surface area (Å²) in [5, 5.41) is 2.61. The Bertz CT molecular complexity index is 333. The maximum absolute atomic E-state index is 11.4. The largest absolute Gasteiger partial charge is 0.344 e. The second-order valence-corrected chi connectivity index (χ2v) is 2.57. The van der Waals surface area contributed by atoms with Crippen LogP contribution < -0.4 is 5.32 Å². The molecule has 0 aliphatic heterocycles. The number of terminal acetylenes is 1. The SMILES string of the molecule is C#CCNC(=O)c1cccn1CC. The van der Waals surface area contributed by atoms with Crippen molar-refractivity contribution in [3.8, 4) is 12.3 Å². The predicted octanol–water partition coefficient (Wildman–Crippen LogP) is 0.871. The van der Waals surface area contributed by atoms with E-state index in [4.69, 9.17) is 6.42 Å². The molecule has 3 nitrogen and oxygen atoms in total. The summed E-state index contributed by atoms with van der Waals surface area (Å²) >= 11 is 0. The number of carbonyl (C=O) groups excluding carboxylic acids is 1. The Morgan fingerprint density at radius 2 is 2.54 bits per heavy atom. The summed E-state index contributed by atoms with van der Waals surface area (Å²) in [7, 11) is 0. The van der Waals surface area contributed by atoms with Gasteiger partial charge in [-0.25, -0.2) is 0 Å². The van der Waals surface area contributed by atoms with Crippen LogP contribution >= 0.6 is 0 Å². The van der Waals surface area contributed by atoms with Gasteiger partial charge in [-0.3, -0.25) is 4.79 Å². The second-order valence-electron chi connectivity index (χ2n) is 2.57. The van der Waals surface area contributed by atoms with Crippen molar-refractivity contribution in [1.82, 2.24) is 9.88 Å². The number of carbonyl (C=O) groups is 1. The molecule has 0 fully saturated rings. The molecule has 0 unspecified atom stereocenters. The summed E-state index contributed by atoms with van der Waals surface area (Å²) in [4.78, 5) is 11.4. The quantitative estimate of drug-likeness (QED) is 0.681. The number of aryl methyl sites for hydroxylation is 1. The average molecular weight is 176 g/mol. The lowest BCUT2D eigenvalue weighted by atomic mass is 10.4. The molecule has 1 heterocycles. The Morgan fingerprint density at radius 1 is 1.77 bits per heavy atom. The average Bonchev–Trinajstić information content (AvgIpc) is 2.61. The van der Waals surface area contributed by atoms with Gasteiger partial charge in [-0.1, -0.05) is 5.92 Å². The highest BCUT2D eigenvalue weighted by molar-refractivity contribution is 5.92. The van der Waals surface area contributed by atoms with Crippen LogP contribution in [0.5, 0.6) is 0 Å². The first kappa shape index (κ1) is 9.40. The van der Waals surface area contributed by atoms with Gasteiger partial charge in [-0.2, -0.15) is 0 Å². The van der Waals surface area contributed by atoms with Gasteiger partial charge in [0, 0.05) is 12.7 Å². The molecule has 13 heavy (non-hydrogen) atoms. The van der Waals surface area contributed by atoms with Crippen LogP contribution in [-0.2, 0) is 6.54 Å². The summed E-state index contributed by atoms with van der Waals surface area (Å²) in [5.41, 5.74) is 0.651. The van der Waals surface area contributed by atoms with Gasteiger partial charge in [-0.05, 0) is 19.1 Å². The Labute approximate surface area is 77.8 Å². The molecule has 3 heteroatoms. The van der Waals surface area contributed by atoms with Crippen LogP contribution in [-0.4, -0.2) is 17.0 Å². The van der Waals surface area contributed by atoms with E-state index < -0.39 is 0 Å². The minimum atomic E-state index is -0.121. The van der Waals surface area contributed by atoms with Crippen molar-refractivity contribution >= 4 is 5.91 Å². The maximum atomic E-state index is 11.4. The van der Waals surface area contributed by atoms with Crippen LogP contribution in [0.1, 0.15) is 17.4 Å². The Morgan fingerprint density at radius 3 is 3.15 bits per heavy atom. The lowest BCUT2D eigenvalue weighted by Crippen LogP contribution is -2.25. The van der Waals surface area contributed by atoms with Crippen molar-refractivity contribution in [1.29, 1.82) is 0 Å². The van der Waals surface area contributed by atoms with E-state index in [-0.39, 0.29) is 12.5 Å². The van der Waals surface area contributed by atoms with Crippen molar-refractivity contribution in [3.63, 3.8) is 0 Å². The van der Waals surface area contributed by atoms with E-state index in [1.807, 2.05) is 23.8 Å². The minimum Gasteiger partial charge on any atom is -0.344 e. The van der Waals surface area contributed by atoms with Gasteiger partial charge in [0.05, 0.1) is 6.54 Å². The molecule has 1 aromatic rings. The van der Waals surface area contributed by atoms with Crippen LogP contribution in [0.2, 0.25) is 0 Å². The number of nitrogens with one attached hydrogen (secondary N) is 1. The van der Waals surface area contributed by atoms with E-state index in [9.17, 15) is 4.79 Å². The highest BCUT2D eigenvalue weighted by Crippen LogP contribution is 2.01. The standard InChI is InChI=1S/C10H12N2O/c1-3-7-11-10(13)9-6-5-8-12(9)4-2/h1,5-6,8H,4,7H2,2H3,(H,11,13). The number of hydrogen-bond donors (Lipinski definition) is 1. The zero-order chi connectivity index (χ0) is 9.68. The van der Waals surface area contributed by atoms with E-state index in [1.54, 1.807) is 6.07 Å². The monoisotopic (exact) mass is 176 g/mol. The van der Waals surface area contributed by atoms with Gasteiger partial charge in [0.1, 0.15) is 5.69 Å². The Hall–Kier alpha value is -1.69. The first-order chi connectivity index (χ1) is 6.29. The molecule has 1 rings (SSSR count). The van der Waals surface area contributed by atoms with E-state index in [0.717, 1.165) is 6.54 Å². The van der Waals surface area contributed by atoms with Crippen molar-refractivity contribution in [3.05, 3.63) is 24.0 Å². The molecule has 0 saturated carbocycles. The molecule has 68 valence electrons. The Kier molecular flexibility index (Phi) is 3.15. The molecule has 0 atom stereocenters. The fourth-order valence-electron chi connectivity index (χ4n) is 1.12. The zero-order valence-corrected chi connectivity index (χ0v) is 7.58. The van der Waals surface area contributed by atoms with Gasteiger partial charge in [0.15, 0.2) is 0 Å². The van der Waals surface area contributed by atoms with Crippen LogP contribution in [0.3, 0.4) is 0 Å². The zero-order valence-electron chi connectivity index (χ0n) is 7.58. The van der Waals surface area contributed by atoms with Crippen molar-refractivity contribution in [2.45, 2.75) is 13.5 Å². The lowest BCUT2D eigenvalue weighted by molar-refractivity contribution is 0.0949. The third kappa shape index (κ3) is 2.12. The molecule has 1 aromatic heterocycles. The van der Waals surface area contributed by atoms with Gasteiger partial charge in [0.25, 0.3) is 5.91 Å². The lowest BCUT2D eigenvalue weighted by Gasteiger charge is -2.04. The summed E-state index contributed by atoms with van der Waals surface area (Å²) < 4.78 is 1.87. The van der Waals surface area contributed by atoms with Crippen molar-refractivity contribution in [2.75, 3.05) is 6.54 Å². The van der Waals surface area contributed by atoms with Crippen LogP contribution in [0, 0.1) is 12.3 Å². The number of amides is 1. The normalized spacial score (nSPS) is 9.23. The molecule has 0 aliphatic rings. The van der Waals surface area contributed by atoms with Gasteiger partial charge < -0.3 is 9.88 Å². The molecule has 1 amide bonds. The molecule has 0 bridgehead atoms. The second kappa shape index (κ2) is 4.36. The number of hydrogen-bond acceptors (Lipinski definition) is 1. The van der Waals surface area contributed by atoms with E-state index in [2.05, 4.69) is 11.2 Å². The fourth-order valence-corrected chi connectivity index (χ4v) is 1.12. The molecular weight excluding hydrogens is 164 g/mol.